The van der Waals surface area contributed by atoms with Crippen LogP contribution >= 0.6 is 11.3 Å². The molecule has 0 aliphatic carbocycles. The molecule has 1 aliphatic heterocycles. The molecule has 0 saturated carbocycles. The van der Waals surface area contributed by atoms with Crippen LogP contribution in [-0.4, -0.2) is 53.3 Å². The first-order chi connectivity index (χ1) is 13.1. The smallest absolute Gasteiger partial charge is 0.265 e. The number of hydrogen-bond acceptors (Lipinski definition) is 5. The molecule has 27 heavy (non-hydrogen) atoms. The van der Waals surface area contributed by atoms with Crippen molar-refractivity contribution in [2.45, 2.75) is 13.8 Å². The predicted molar refractivity (Wildman–Crippen MR) is 112 cm³/mol. The topological polar surface area (TPSA) is 53.4 Å². The van der Waals surface area contributed by atoms with E-state index in [0.29, 0.717) is 4.88 Å². The Balaban J connectivity index is 1.55. The van der Waals surface area contributed by atoms with Crippen LogP contribution in [0, 0.1) is 6.92 Å². The van der Waals surface area contributed by atoms with Gasteiger partial charge >= 0.3 is 0 Å². The number of hydrogen-bond donors (Lipinski definition) is 1. The van der Waals surface area contributed by atoms with Crippen LogP contribution in [0.25, 0.3) is 10.2 Å². The normalized spacial score (nSPS) is 15.4. The number of carbonyl (C=O) groups excluding carboxylic acids is 1. The Bertz CT molecular complexity index is 934. The van der Waals surface area contributed by atoms with Crippen molar-refractivity contribution in [3.8, 4) is 0 Å². The molecule has 1 fully saturated rings. The number of amides is 1. The van der Waals surface area contributed by atoms with Gasteiger partial charge in [0.05, 0.1) is 21.9 Å². The SMILES string of the molecule is CCN1CCN(c2ccccc2NC(=O)c2cc3c(C)nn(C)c3s2)CC1. The molecule has 3 aromatic rings. The lowest BCUT2D eigenvalue weighted by atomic mass is 10.2. The number of benzene rings is 1. The van der Waals surface area contributed by atoms with Gasteiger partial charge in [0.2, 0.25) is 0 Å². The van der Waals surface area contributed by atoms with Crippen LogP contribution in [0.15, 0.2) is 30.3 Å². The van der Waals surface area contributed by atoms with E-state index in [-0.39, 0.29) is 5.91 Å². The summed E-state index contributed by atoms with van der Waals surface area (Å²) >= 11 is 1.48. The van der Waals surface area contributed by atoms with Gasteiger partial charge in [0.25, 0.3) is 5.91 Å². The van der Waals surface area contributed by atoms with E-state index < -0.39 is 0 Å². The van der Waals surface area contributed by atoms with Crippen molar-refractivity contribution in [3.63, 3.8) is 0 Å². The number of para-hydroxylation sites is 2. The quantitative estimate of drug-likeness (QED) is 0.751. The van der Waals surface area contributed by atoms with E-state index >= 15 is 0 Å². The van der Waals surface area contributed by atoms with Gasteiger partial charge in [-0.15, -0.1) is 11.3 Å². The summed E-state index contributed by atoms with van der Waals surface area (Å²) in [7, 11) is 1.92. The van der Waals surface area contributed by atoms with Crippen LogP contribution in [0.2, 0.25) is 0 Å². The summed E-state index contributed by atoms with van der Waals surface area (Å²) in [5.41, 5.74) is 2.93. The lowest BCUT2D eigenvalue weighted by molar-refractivity contribution is 0.103. The van der Waals surface area contributed by atoms with E-state index in [1.54, 1.807) is 0 Å². The lowest BCUT2D eigenvalue weighted by Crippen LogP contribution is -2.46. The molecule has 0 spiro atoms. The van der Waals surface area contributed by atoms with E-state index in [1.165, 1.54) is 11.3 Å². The Labute approximate surface area is 163 Å². The minimum atomic E-state index is -0.0600. The summed E-state index contributed by atoms with van der Waals surface area (Å²) < 4.78 is 1.84. The number of aryl methyl sites for hydroxylation is 2. The number of thiophene rings is 1. The number of carbonyl (C=O) groups is 1. The van der Waals surface area contributed by atoms with E-state index in [1.807, 2.05) is 42.9 Å². The summed E-state index contributed by atoms with van der Waals surface area (Å²) in [5.74, 6) is -0.0600. The molecule has 0 radical (unpaired) electrons. The fourth-order valence-electron chi connectivity index (χ4n) is 3.66. The Morgan fingerprint density at radius 1 is 1.22 bits per heavy atom. The summed E-state index contributed by atoms with van der Waals surface area (Å²) in [6.07, 6.45) is 0. The molecule has 1 amide bonds. The zero-order valence-electron chi connectivity index (χ0n) is 16.0. The summed E-state index contributed by atoms with van der Waals surface area (Å²) in [6.45, 7) is 9.34. The first-order valence-electron chi connectivity index (χ1n) is 9.37. The minimum Gasteiger partial charge on any atom is -0.367 e. The van der Waals surface area contributed by atoms with Crippen LogP contribution in [0.3, 0.4) is 0 Å². The molecule has 6 nitrogen and oxygen atoms in total. The molecule has 142 valence electrons. The van der Waals surface area contributed by atoms with Gasteiger partial charge < -0.3 is 15.1 Å². The molecular formula is C20H25N5OS. The lowest BCUT2D eigenvalue weighted by Gasteiger charge is -2.36. The number of aromatic nitrogens is 2. The second kappa shape index (κ2) is 7.32. The van der Waals surface area contributed by atoms with Crippen LogP contribution < -0.4 is 10.2 Å². The van der Waals surface area contributed by atoms with Gasteiger partial charge in [0.15, 0.2) is 0 Å². The second-order valence-electron chi connectivity index (χ2n) is 6.93. The van der Waals surface area contributed by atoms with Crippen molar-refractivity contribution < 1.29 is 4.79 Å². The fourth-order valence-corrected chi connectivity index (χ4v) is 4.68. The highest BCUT2D eigenvalue weighted by atomic mass is 32.1. The van der Waals surface area contributed by atoms with E-state index in [2.05, 4.69) is 33.2 Å². The number of likely N-dealkylation sites (N-methyl/N-ethyl adjacent to an activating group) is 1. The molecular weight excluding hydrogens is 358 g/mol. The maximum Gasteiger partial charge on any atom is 0.265 e. The zero-order valence-corrected chi connectivity index (χ0v) is 16.8. The first kappa shape index (κ1) is 18.0. The fraction of sp³-hybridized carbons (Fsp3) is 0.400. The molecule has 3 heterocycles. The maximum absolute atomic E-state index is 12.9. The van der Waals surface area contributed by atoms with Crippen LogP contribution in [0.5, 0.6) is 0 Å². The molecule has 1 aromatic carbocycles. The van der Waals surface area contributed by atoms with Crippen molar-refractivity contribution in [1.82, 2.24) is 14.7 Å². The summed E-state index contributed by atoms with van der Waals surface area (Å²) in [6, 6.07) is 10.0. The average Bonchev–Trinajstić information content (AvgIpc) is 3.24. The summed E-state index contributed by atoms with van der Waals surface area (Å²) in [5, 5.41) is 8.59. The van der Waals surface area contributed by atoms with Gasteiger partial charge in [0, 0.05) is 38.6 Å². The van der Waals surface area contributed by atoms with Gasteiger partial charge in [-0.1, -0.05) is 19.1 Å². The van der Waals surface area contributed by atoms with Gasteiger partial charge in [-0.3, -0.25) is 9.48 Å². The third-order valence-electron chi connectivity index (χ3n) is 5.23. The van der Waals surface area contributed by atoms with Crippen LogP contribution in [0.4, 0.5) is 11.4 Å². The van der Waals surface area contributed by atoms with E-state index in [0.717, 1.165) is 60.0 Å². The predicted octanol–water partition coefficient (Wildman–Crippen LogP) is 3.34. The minimum absolute atomic E-state index is 0.0600. The number of fused-ring (bicyclic) bond motifs is 1. The third kappa shape index (κ3) is 3.44. The van der Waals surface area contributed by atoms with Gasteiger partial charge in [-0.05, 0) is 31.7 Å². The highest BCUT2D eigenvalue weighted by Crippen LogP contribution is 2.30. The molecule has 1 saturated heterocycles. The summed E-state index contributed by atoms with van der Waals surface area (Å²) in [4.78, 5) is 19.4. The number of piperazine rings is 1. The number of rotatable bonds is 4. The average molecular weight is 384 g/mol. The molecule has 0 bridgehead atoms. The van der Waals surface area contributed by atoms with Crippen LogP contribution in [-0.2, 0) is 7.05 Å². The standard InChI is InChI=1S/C20H25N5OS/c1-4-24-9-11-25(12-10-24)17-8-6-5-7-16(17)21-19(26)18-13-15-14(2)22-23(3)20(15)27-18/h5-8,13H,4,9-12H2,1-3H3,(H,21,26). The number of anilines is 2. The Hall–Kier alpha value is -2.38. The zero-order chi connectivity index (χ0) is 19.0. The molecule has 1 aliphatic rings. The molecule has 4 rings (SSSR count). The van der Waals surface area contributed by atoms with E-state index in [9.17, 15) is 4.79 Å². The highest BCUT2D eigenvalue weighted by Gasteiger charge is 2.20. The third-order valence-corrected chi connectivity index (χ3v) is 6.43. The second-order valence-corrected chi connectivity index (χ2v) is 7.96. The van der Waals surface area contributed by atoms with Crippen molar-refractivity contribution >= 4 is 38.8 Å². The molecule has 7 heteroatoms. The van der Waals surface area contributed by atoms with Crippen LogP contribution in [0.1, 0.15) is 22.3 Å². The molecule has 0 unspecified atom stereocenters. The Morgan fingerprint density at radius 3 is 2.67 bits per heavy atom. The van der Waals surface area contributed by atoms with Gasteiger partial charge in [0.1, 0.15) is 4.83 Å². The monoisotopic (exact) mass is 383 g/mol. The van der Waals surface area contributed by atoms with Crippen molar-refractivity contribution in [1.29, 1.82) is 0 Å². The Kier molecular flexibility index (Phi) is 4.88. The van der Waals surface area contributed by atoms with E-state index in [4.69, 9.17) is 0 Å². The first-order valence-corrected chi connectivity index (χ1v) is 10.2. The largest absolute Gasteiger partial charge is 0.367 e. The Morgan fingerprint density at radius 2 is 1.96 bits per heavy atom. The van der Waals surface area contributed by atoms with Gasteiger partial charge in [-0.25, -0.2) is 0 Å². The van der Waals surface area contributed by atoms with Gasteiger partial charge in [-0.2, -0.15) is 5.10 Å². The molecule has 1 N–H and O–H groups in total. The van der Waals surface area contributed by atoms with Crippen molar-refractivity contribution in [2.75, 3.05) is 42.9 Å². The highest BCUT2D eigenvalue weighted by molar-refractivity contribution is 7.20. The maximum atomic E-state index is 12.9. The molecule has 2 aromatic heterocycles. The van der Waals surface area contributed by atoms with Crippen molar-refractivity contribution in [2.24, 2.45) is 7.05 Å². The van der Waals surface area contributed by atoms with Crippen molar-refractivity contribution in [3.05, 3.63) is 40.9 Å². The number of nitrogens with one attached hydrogen (secondary N) is 1. The number of nitrogens with zero attached hydrogens (tertiary/aromatic N) is 4. The molecule has 0 atom stereocenters.